The number of nitrogens with one attached hydrogen (secondary N) is 1. The highest BCUT2D eigenvalue weighted by atomic mass is 16.4. The van der Waals surface area contributed by atoms with E-state index >= 15 is 0 Å². The van der Waals surface area contributed by atoms with Crippen LogP contribution in [-0.2, 0) is 9.59 Å². The van der Waals surface area contributed by atoms with Crippen molar-refractivity contribution in [3.63, 3.8) is 0 Å². The minimum Gasteiger partial charge on any atom is -0.480 e. The van der Waals surface area contributed by atoms with E-state index < -0.39 is 17.5 Å². The van der Waals surface area contributed by atoms with E-state index in [4.69, 9.17) is 5.11 Å². The van der Waals surface area contributed by atoms with Gasteiger partial charge in [0.2, 0.25) is 5.91 Å². The summed E-state index contributed by atoms with van der Waals surface area (Å²) >= 11 is 0. The molecule has 0 aliphatic rings. The second-order valence-electron chi connectivity index (χ2n) is 4.65. The third-order valence-electron chi connectivity index (χ3n) is 3.17. The van der Waals surface area contributed by atoms with E-state index in [2.05, 4.69) is 5.32 Å². The van der Waals surface area contributed by atoms with Crippen LogP contribution in [0.4, 0.5) is 4.79 Å². The number of aliphatic carboxylic acids is 1. The molecule has 0 fully saturated rings. The quantitative estimate of drug-likeness (QED) is 0.731. The van der Waals surface area contributed by atoms with Gasteiger partial charge < -0.3 is 20.2 Å². The first kappa shape index (κ1) is 17.2. The fourth-order valence-electron chi connectivity index (χ4n) is 1.36. The van der Waals surface area contributed by atoms with Gasteiger partial charge in [-0.1, -0.05) is 0 Å². The van der Waals surface area contributed by atoms with E-state index in [9.17, 15) is 14.4 Å². The van der Waals surface area contributed by atoms with Crippen LogP contribution in [0, 0.1) is 0 Å². The van der Waals surface area contributed by atoms with Gasteiger partial charge in [-0.05, 0) is 27.7 Å². The van der Waals surface area contributed by atoms with Crippen LogP contribution in [0.15, 0.2) is 0 Å². The van der Waals surface area contributed by atoms with Crippen molar-refractivity contribution in [2.24, 2.45) is 0 Å². The van der Waals surface area contributed by atoms with Gasteiger partial charge in [-0.25, -0.2) is 9.59 Å². The summed E-state index contributed by atoms with van der Waals surface area (Å²) in [7, 11) is 1.38. The van der Waals surface area contributed by atoms with Crippen LogP contribution < -0.4 is 5.32 Å². The molecule has 0 aliphatic heterocycles. The molecule has 3 amide bonds. The topological polar surface area (TPSA) is 90.0 Å². The summed E-state index contributed by atoms with van der Waals surface area (Å²) in [5, 5.41) is 11.4. The van der Waals surface area contributed by atoms with Gasteiger partial charge in [0.1, 0.15) is 5.54 Å². The van der Waals surface area contributed by atoms with Crippen molar-refractivity contribution in [2.45, 2.75) is 33.2 Å². The van der Waals surface area contributed by atoms with Crippen LogP contribution in [0.3, 0.4) is 0 Å². The molecule has 0 atom stereocenters. The second kappa shape index (κ2) is 6.96. The zero-order valence-corrected chi connectivity index (χ0v) is 12.2. The fraction of sp³-hybridized carbons (Fsp3) is 0.750. The Balaban J connectivity index is 4.48. The van der Waals surface area contributed by atoms with E-state index in [1.54, 1.807) is 4.90 Å². The molecule has 0 aromatic rings. The zero-order chi connectivity index (χ0) is 15.2. The van der Waals surface area contributed by atoms with Gasteiger partial charge in [0.05, 0.1) is 6.54 Å². The third kappa shape index (κ3) is 4.42. The summed E-state index contributed by atoms with van der Waals surface area (Å²) in [5.41, 5.74) is -1.33. The first-order chi connectivity index (χ1) is 8.68. The summed E-state index contributed by atoms with van der Waals surface area (Å²) in [6, 6.07) is -0.590. The maximum Gasteiger partial charge on any atom is 0.329 e. The Labute approximate surface area is 113 Å². The van der Waals surface area contributed by atoms with Gasteiger partial charge in [0.15, 0.2) is 0 Å². The van der Waals surface area contributed by atoms with Crippen molar-refractivity contribution in [3.05, 3.63) is 0 Å². The van der Waals surface area contributed by atoms with E-state index in [0.29, 0.717) is 13.1 Å². The average molecular weight is 273 g/mol. The lowest BCUT2D eigenvalue weighted by molar-refractivity contribution is -0.146. The lowest BCUT2D eigenvalue weighted by Crippen LogP contribution is -2.55. The van der Waals surface area contributed by atoms with Crippen LogP contribution in [0.5, 0.6) is 0 Å². The van der Waals surface area contributed by atoms with E-state index in [1.807, 2.05) is 13.8 Å². The molecule has 19 heavy (non-hydrogen) atoms. The normalized spacial score (nSPS) is 10.8. The SMILES string of the molecule is CCN(CC)C(=O)CNC(=O)N(C)C(C)(C)C(=O)O. The van der Waals surface area contributed by atoms with E-state index in [0.717, 1.165) is 4.90 Å². The highest BCUT2D eigenvalue weighted by Gasteiger charge is 2.35. The largest absolute Gasteiger partial charge is 0.480 e. The summed E-state index contributed by atoms with van der Waals surface area (Å²) in [4.78, 5) is 37.1. The molecule has 7 heteroatoms. The van der Waals surface area contributed by atoms with Crippen molar-refractivity contribution in [2.75, 3.05) is 26.7 Å². The van der Waals surface area contributed by atoms with E-state index in [1.165, 1.54) is 20.9 Å². The molecule has 0 saturated heterocycles. The van der Waals surface area contributed by atoms with Crippen LogP contribution in [0.1, 0.15) is 27.7 Å². The molecule has 0 spiro atoms. The second-order valence-corrected chi connectivity index (χ2v) is 4.65. The number of carbonyl (C=O) groups excluding carboxylic acids is 2. The highest BCUT2D eigenvalue weighted by molar-refractivity contribution is 5.88. The van der Waals surface area contributed by atoms with Gasteiger partial charge >= 0.3 is 12.0 Å². The molecular formula is C12H23N3O4. The smallest absolute Gasteiger partial charge is 0.329 e. The Morgan fingerprint density at radius 2 is 1.63 bits per heavy atom. The Bertz CT molecular complexity index is 351. The Hall–Kier alpha value is -1.79. The maximum absolute atomic E-state index is 11.8. The Morgan fingerprint density at radius 3 is 2.00 bits per heavy atom. The van der Waals surface area contributed by atoms with Crippen LogP contribution >= 0.6 is 0 Å². The minimum absolute atomic E-state index is 0.138. The van der Waals surface area contributed by atoms with Gasteiger partial charge in [-0.15, -0.1) is 0 Å². The lowest BCUT2D eigenvalue weighted by atomic mass is 10.1. The number of carbonyl (C=O) groups is 3. The molecule has 0 rings (SSSR count). The molecule has 0 unspecified atom stereocenters. The maximum atomic E-state index is 11.8. The van der Waals surface area contributed by atoms with Crippen molar-refractivity contribution >= 4 is 17.9 Å². The number of urea groups is 1. The van der Waals surface area contributed by atoms with Crippen LogP contribution in [0.2, 0.25) is 0 Å². The molecule has 0 heterocycles. The van der Waals surface area contributed by atoms with Gasteiger partial charge in [0.25, 0.3) is 0 Å². The van der Waals surface area contributed by atoms with Gasteiger partial charge in [-0.3, -0.25) is 4.79 Å². The molecule has 0 saturated carbocycles. The first-order valence-corrected chi connectivity index (χ1v) is 6.21. The molecule has 0 aliphatic carbocycles. The molecule has 0 aromatic heterocycles. The van der Waals surface area contributed by atoms with Gasteiger partial charge in [-0.2, -0.15) is 0 Å². The number of hydrogen-bond donors (Lipinski definition) is 2. The zero-order valence-electron chi connectivity index (χ0n) is 12.2. The Kier molecular flexibility index (Phi) is 6.31. The van der Waals surface area contributed by atoms with Crippen LogP contribution in [-0.4, -0.2) is 65.0 Å². The van der Waals surface area contributed by atoms with Crippen molar-refractivity contribution in [1.29, 1.82) is 0 Å². The Morgan fingerprint density at radius 1 is 1.16 bits per heavy atom. The van der Waals surface area contributed by atoms with Crippen LogP contribution in [0.25, 0.3) is 0 Å². The minimum atomic E-state index is -1.33. The average Bonchev–Trinajstić information content (AvgIpc) is 2.36. The predicted molar refractivity (Wildman–Crippen MR) is 70.8 cm³/mol. The molecule has 110 valence electrons. The predicted octanol–water partition coefficient (Wildman–Crippen LogP) is 0.359. The lowest BCUT2D eigenvalue weighted by Gasteiger charge is -2.31. The summed E-state index contributed by atoms with van der Waals surface area (Å²) in [6.07, 6.45) is 0. The molecule has 2 N–H and O–H groups in total. The van der Waals surface area contributed by atoms with Gasteiger partial charge in [0, 0.05) is 20.1 Å². The fourth-order valence-corrected chi connectivity index (χ4v) is 1.36. The van der Waals surface area contributed by atoms with Crippen molar-refractivity contribution < 1.29 is 19.5 Å². The summed E-state index contributed by atoms with van der Waals surface area (Å²) in [6.45, 7) is 7.54. The molecule has 7 nitrogen and oxygen atoms in total. The first-order valence-electron chi connectivity index (χ1n) is 6.21. The number of carboxylic acids is 1. The highest BCUT2D eigenvalue weighted by Crippen LogP contribution is 2.12. The summed E-state index contributed by atoms with van der Waals surface area (Å²) < 4.78 is 0. The number of carboxylic acid groups (broad SMARTS) is 1. The molecule has 0 bridgehead atoms. The number of rotatable bonds is 6. The molecule has 0 radical (unpaired) electrons. The van der Waals surface area contributed by atoms with Crippen molar-refractivity contribution in [1.82, 2.24) is 15.1 Å². The third-order valence-corrected chi connectivity index (χ3v) is 3.17. The van der Waals surface area contributed by atoms with Crippen molar-refractivity contribution in [3.8, 4) is 0 Å². The number of hydrogen-bond acceptors (Lipinski definition) is 3. The standard InChI is InChI=1S/C12H23N3O4/c1-6-15(7-2)9(16)8-13-11(19)14(5)12(3,4)10(17)18/h6-8H2,1-5H3,(H,13,19)(H,17,18). The van der Waals surface area contributed by atoms with E-state index in [-0.39, 0.29) is 12.5 Å². The summed E-state index contributed by atoms with van der Waals surface area (Å²) in [5.74, 6) is -1.31. The number of amides is 3. The monoisotopic (exact) mass is 273 g/mol. The number of likely N-dealkylation sites (N-methyl/N-ethyl adjacent to an activating group) is 2. The number of nitrogens with zero attached hydrogens (tertiary/aromatic N) is 2. The molecular weight excluding hydrogens is 250 g/mol. The molecule has 0 aromatic carbocycles.